The van der Waals surface area contributed by atoms with E-state index in [1.54, 1.807) is 0 Å². The fourth-order valence-corrected chi connectivity index (χ4v) is 5.82. The quantitative estimate of drug-likeness (QED) is 0.464. The first-order chi connectivity index (χ1) is 15.7. The van der Waals surface area contributed by atoms with E-state index in [1.807, 2.05) is 0 Å². The van der Waals surface area contributed by atoms with E-state index in [2.05, 4.69) is 32.3 Å². The number of rotatable bonds is 7. The standard InChI is InChI=1S/C25H46N6O/c1-2-26-25(28-22-10-7-14-31(20-22)23-11-4-3-5-12-23)27-13-15-29-16-18-30(19-17-29)24(32)21-8-6-9-21/h21-23H,2-20H2,1H3,(H2,26,27,28). The van der Waals surface area contributed by atoms with Crippen LogP contribution >= 0.6 is 0 Å². The van der Waals surface area contributed by atoms with Gasteiger partial charge in [-0.1, -0.05) is 25.7 Å². The van der Waals surface area contributed by atoms with Crippen molar-refractivity contribution in [3.05, 3.63) is 0 Å². The predicted octanol–water partition coefficient (Wildman–Crippen LogP) is 2.28. The van der Waals surface area contributed by atoms with Crippen molar-refractivity contribution in [1.82, 2.24) is 25.3 Å². The lowest BCUT2D eigenvalue weighted by molar-refractivity contribution is -0.139. The van der Waals surface area contributed by atoms with E-state index in [0.717, 1.165) is 77.2 Å². The zero-order valence-corrected chi connectivity index (χ0v) is 20.4. The van der Waals surface area contributed by atoms with Crippen molar-refractivity contribution in [2.24, 2.45) is 10.9 Å². The molecule has 1 amide bonds. The Morgan fingerprint density at radius 3 is 2.38 bits per heavy atom. The number of hydrogen-bond donors (Lipinski definition) is 2. The molecule has 7 heteroatoms. The molecule has 0 aromatic rings. The van der Waals surface area contributed by atoms with Gasteiger partial charge in [-0.15, -0.1) is 0 Å². The number of carbonyl (C=O) groups is 1. The third-order valence-corrected chi connectivity index (χ3v) is 8.05. The summed E-state index contributed by atoms with van der Waals surface area (Å²) < 4.78 is 0. The van der Waals surface area contributed by atoms with Gasteiger partial charge in [0.1, 0.15) is 0 Å². The fraction of sp³-hybridized carbons (Fsp3) is 0.920. The third kappa shape index (κ3) is 6.60. The summed E-state index contributed by atoms with van der Waals surface area (Å²) in [5.74, 6) is 1.71. The third-order valence-electron chi connectivity index (χ3n) is 8.05. The lowest BCUT2D eigenvalue weighted by Gasteiger charge is -2.40. The van der Waals surface area contributed by atoms with Crippen molar-refractivity contribution in [3.63, 3.8) is 0 Å². The number of piperidine rings is 1. The first-order valence-corrected chi connectivity index (χ1v) is 13.5. The van der Waals surface area contributed by atoms with Crippen LogP contribution in [0.2, 0.25) is 0 Å². The molecule has 0 bridgehead atoms. The van der Waals surface area contributed by atoms with Gasteiger partial charge >= 0.3 is 0 Å². The fourth-order valence-electron chi connectivity index (χ4n) is 5.82. The van der Waals surface area contributed by atoms with Gasteiger partial charge in [0.05, 0.1) is 6.54 Å². The molecule has 0 aromatic carbocycles. The number of carbonyl (C=O) groups excluding carboxylic acids is 1. The van der Waals surface area contributed by atoms with Gasteiger partial charge in [0.2, 0.25) is 5.91 Å². The molecule has 2 heterocycles. The predicted molar refractivity (Wildman–Crippen MR) is 131 cm³/mol. The Morgan fingerprint density at radius 1 is 0.906 bits per heavy atom. The number of amides is 1. The SMILES string of the molecule is CCNC(=NCCN1CCN(C(=O)C2CCC2)CC1)NC1CCCN(C2CCCCC2)C1. The van der Waals surface area contributed by atoms with Crippen LogP contribution in [0, 0.1) is 5.92 Å². The lowest BCUT2D eigenvalue weighted by Crippen LogP contribution is -2.54. The minimum absolute atomic E-state index is 0.328. The van der Waals surface area contributed by atoms with Crippen molar-refractivity contribution in [3.8, 4) is 0 Å². The number of nitrogens with one attached hydrogen (secondary N) is 2. The molecule has 1 atom stereocenters. The summed E-state index contributed by atoms with van der Waals surface area (Å²) in [5, 5.41) is 7.20. The molecule has 32 heavy (non-hydrogen) atoms. The van der Waals surface area contributed by atoms with E-state index in [0.29, 0.717) is 17.9 Å². The van der Waals surface area contributed by atoms with Gasteiger partial charge in [-0.3, -0.25) is 19.6 Å². The molecule has 2 aliphatic heterocycles. The average molecular weight is 447 g/mol. The molecule has 2 saturated heterocycles. The van der Waals surface area contributed by atoms with Gasteiger partial charge in [-0.25, -0.2) is 0 Å². The Balaban J connectivity index is 1.19. The average Bonchev–Trinajstić information content (AvgIpc) is 2.79. The molecule has 1 unspecified atom stereocenters. The number of aliphatic imine (C=N–C) groups is 1. The molecule has 182 valence electrons. The van der Waals surface area contributed by atoms with E-state index in [-0.39, 0.29) is 0 Å². The molecule has 0 radical (unpaired) electrons. The molecule has 2 saturated carbocycles. The van der Waals surface area contributed by atoms with Crippen LogP contribution in [0.1, 0.15) is 71.1 Å². The zero-order valence-electron chi connectivity index (χ0n) is 20.4. The maximum Gasteiger partial charge on any atom is 0.225 e. The second-order valence-electron chi connectivity index (χ2n) is 10.3. The van der Waals surface area contributed by atoms with Crippen molar-refractivity contribution in [2.75, 3.05) is 58.9 Å². The smallest absolute Gasteiger partial charge is 0.225 e. The Kier molecular flexibility index (Phi) is 9.09. The number of piperazine rings is 1. The summed E-state index contributed by atoms with van der Waals surface area (Å²) in [6, 6.07) is 1.31. The number of nitrogens with zero attached hydrogens (tertiary/aromatic N) is 4. The van der Waals surface area contributed by atoms with E-state index >= 15 is 0 Å². The van der Waals surface area contributed by atoms with Crippen LogP contribution < -0.4 is 10.6 Å². The molecule has 0 aromatic heterocycles. The van der Waals surface area contributed by atoms with Crippen LogP contribution in [0.3, 0.4) is 0 Å². The zero-order chi connectivity index (χ0) is 22.2. The van der Waals surface area contributed by atoms with Crippen LogP contribution in [-0.2, 0) is 4.79 Å². The highest BCUT2D eigenvalue weighted by atomic mass is 16.2. The second-order valence-corrected chi connectivity index (χ2v) is 10.3. The van der Waals surface area contributed by atoms with Crippen LogP contribution in [-0.4, -0.2) is 97.6 Å². The van der Waals surface area contributed by atoms with Crippen LogP contribution in [0.15, 0.2) is 4.99 Å². The number of hydrogen-bond acceptors (Lipinski definition) is 4. The Labute approximate surface area is 195 Å². The molecule has 4 rings (SSSR count). The highest BCUT2D eigenvalue weighted by molar-refractivity contribution is 5.80. The lowest BCUT2D eigenvalue weighted by atomic mass is 9.84. The van der Waals surface area contributed by atoms with Gasteiger partial charge < -0.3 is 15.5 Å². The van der Waals surface area contributed by atoms with Crippen molar-refractivity contribution < 1.29 is 4.79 Å². The van der Waals surface area contributed by atoms with Crippen molar-refractivity contribution in [1.29, 1.82) is 0 Å². The Morgan fingerprint density at radius 2 is 1.69 bits per heavy atom. The van der Waals surface area contributed by atoms with Gasteiger partial charge in [-0.05, 0) is 52.0 Å². The van der Waals surface area contributed by atoms with E-state index in [9.17, 15) is 4.79 Å². The molecular formula is C25H46N6O. The summed E-state index contributed by atoms with van der Waals surface area (Å²) in [7, 11) is 0. The van der Waals surface area contributed by atoms with Crippen molar-refractivity contribution >= 4 is 11.9 Å². The summed E-state index contributed by atoms with van der Waals surface area (Å²) in [6.45, 7) is 11.0. The van der Waals surface area contributed by atoms with E-state index in [1.165, 1.54) is 57.9 Å². The maximum absolute atomic E-state index is 12.4. The van der Waals surface area contributed by atoms with Gasteiger partial charge in [0, 0.05) is 63.8 Å². The normalized spacial score (nSPS) is 27.2. The summed E-state index contributed by atoms with van der Waals surface area (Å²) in [6.07, 6.45) is 13.0. The van der Waals surface area contributed by atoms with Gasteiger partial charge in [0.15, 0.2) is 5.96 Å². The van der Waals surface area contributed by atoms with E-state index < -0.39 is 0 Å². The summed E-state index contributed by atoms with van der Waals surface area (Å²) in [5.41, 5.74) is 0. The second kappa shape index (κ2) is 12.2. The molecule has 0 spiro atoms. The molecule has 4 fully saturated rings. The Hall–Kier alpha value is -1.34. The first-order valence-electron chi connectivity index (χ1n) is 13.5. The van der Waals surface area contributed by atoms with E-state index in [4.69, 9.17) is 4.99 Å². The minimum atomic E-state index is 0.328. The topological polar surface area (TPSA) is 63.2 Å². The minimum Gasteiger partial charge on any atom is -0.357 e. The monoisotopic (exact) mass is 446 g/mol. The van der Waals surface area contributed by atoms with Crippen LogP contribution in [0.25, 0.3) is 0 Å². The Bertz CT molecular complexity index is 608. The molecule has 4 aliphatic rings. The largest absolute Gasteiger partial charge is 0.357 e. The highest BCUT2D eigenvalue weighted by Gasteiger charge is 2.31. The van der Waals surface area contributed by atoms with Crippen LogP contribution in [0.5, 0.6) is 0 Å². The number of guanidine groups is 1. The first kappa shape index (κ1) is 23.8. The maximum atomic E-state index is 12.4. The van der Waals surface area contributed by atoms with Gasteiger partial charge in [0.25, 0.3) is 0 Å². The number of likely N-dealkylation sites (tertiary alicyclic amines) is 1. The molecular weight excluding hydrogens is 400 g/mol. The molecule has 7 nitrogen and oxygen atoms in total. The highest BCUT2D eigenvalue weighted by Crippen LogP contribution is 2.28. The molecule has 2 N–H and O–H groups in total. The van der Waals surface area contributed by atoms with Crippen molar-refractivity contribution in [2.45, 2.75) is 83.2 Å². The summed E-state index contributed by atoms with van der Waals surface area (Å²) >= 11 is 0. The summed E-state index contributed by atoms with van der Waals surface area (Å²) in [4.78, 5) is 24.6. The molecule has 2 aliphatic carbocycles. The van der Waals surface area contributed by atoms with Gasteiger partial charge in [-0.2, -0.15) is 0 Å². The van der Waals surface area contributed by atoms with Crippen LogP contribution in [0.4, 0.5) is 0 Å².